The molecule has 1 aromatic rings. The zero-order chi connectivity index (χ0) is 8.97. The molecule has 1 rings (SSSR count). The van der Waals surface area contributed by atoms with Crippen LogP contribution in [0.15, 0.2) is 30.3 Å². The normalized spacial score (nSPS) is 12.2. The number of rotatable bonds is 2. The molecule has 0 saturated heterocycles. The Hall–Kier alpha value is -1.35. The van der Waals surface area contributed by atoms with E-state index in [1.807, 2.05) is 0 Å². The van der Waals surface area contributed by atoms with Gasteiger partial charge in [-0.25, -0.2) is 4.79 Å². The van der Waals surface area contributed by atoms with E-state index in [0.717, 1.165) is 0 Å². The first-order chi connectivity index (χ1) is 5.70. The van der Waals surface area contributed by atoms with Crippen molar-refractivity contribution in [2.75, 3.05) is 0 Å². The van der Waals surface area contributed by atoms with Crippen molar-refractivity contribution in [1.82, 2.24) is 0 Å². The van der Waals surface area contributed by atoms with Crippen molar-refractivity contribution < 1.29 is 14.6 Å². The summed E-state index contributed by atoms with van der Waals surface area (Å²) in [6.07, 6.45) is -1.06. The van der Waals surface area contributed by atoms with E-state index in [1.165, 1.54) is 6.92 Å². The van der Waals surface area contributed by atoms with Crippen LogP contribution in [0.5, 0.6) is 0 Å². The highest BCUT2D eigenvalue weighted by atomic mass is 16.6. The maximum Gasteiger partial charge on any atom is 0.340 e. The monoisotopic (exact) mass is 166 g/mol. The van der Waals surface area contributed by atoms with Gasteiger partial charge in [0.2, 0.25) is 0 Å². The summed E-state index contributed by atoms with van der Waals surface area (Å²) in [7, 11) is 0. The van der Waals surface area contributed by atoms with Crippen molar-refractivity contribution in [2.45, 2.75) is 13.2 Å². The third-order valence-corrected chi connectivity index (χ3v) is 1.29. The average molecular weight is 166 g/mol. The Morgan fingerprint density at radius 1 is 1.42 bits per heavy atom. The van der Waals surface area contributed by atoms with Gasteiger partial charge in [-0.15, -0.1) is 0 Å². The van der Waals surface area contributed by atoms with Gasteiger partial charge in [0.05, 0.1) is 5.56 Å². The highest BCUT2D eigenvalue weighted by molar-refractivity contribution is 5.89. The standard InChI is InChI=1S/C9H10O3/c1-7(10)12-9(11)8-5-3-2-4-6-8/h2-7,10H,1H3/t7-/m0/s1. The van der Waals surface area contributed by atoms with Crippen LogP contribution in [0.25, 0.3) is 0 Å². The Bertz CT molecular complexity index is 254. The van der Waals surface area contributed by atoms with Gasteiger partial charge in [-0.2, -0.15) is 0 Å². The van der Waals surface area contributed by atoms with Gasteiger partial charge in [0.15, 0.2) is 6.29 Å². The van der Waals surface area contributed by atoms with Crippen molar-refractivity contribution in [1.29, 1.82) is 0 Å². The smallest absolute Gasteiger partial charge is 0.340 e. The van der Waals surface area contributed by atoms with Crippen molar-refractivity contribution in [3.05, 3.63) is 35.9 Å². The van der Waals surface area contributed by atoms with Crippen LogP contribution in [0.4, 0.5) is 0 Å². The number of hydrogen-bond acceptors (Lipinski definition) is 3. The summed E-state index contributed by atoms with van der Waals surface area (Å²) in [4.78, 5) is 11.1. The largest absolute Gasteiger partial charge is 0.433 e. The molecule has 3 nitrogen and oxygen atoms in total. The first-order valence-corrected chi connectivity index (χ1v) is 3.64. The van der Waals surface area contributed by atoms with Crippen LogP contribution in [-0.4, -0.2) is 17.4 Å². The number of carbonyl (C=O) groups is 1. The van der Waals surface area contributed by atoms with Crippen LogP contribution in [-0.2, 0) is 4.74 Å². The topological polar surface area (TPSA) is 46.5 Å². The quantitative estimate of drug-likeness (QED) is 0.530. The van der Waals surface area contributed by atoms with Gasteiger partial charge in [0.1, 0.15) is 0 Å². The van der Waals surface area contributed by atoms with Crippen molar-refractivity contribution in [3.8, 4) is 0 Å². The number of aliphatic hydroxyl groups is 1. The molecular weight excluding hydrogens is 156 g/mol. The van der Waals surface area contributed by atoms with E-state index in [2.05, 4.69) is 4.74 Å². The minimum absolute atomic E-state index is 0.443. The summed E-state index contributed by atoms with van der Waals surface area (Å²) < 4.78 is 4.55. The van der Waals surface area contributed by atoms with Gasteiger partial charge in [0.25, 0.3) is 0 Å². The lowest BCUT2D eigenvalue weighted by molar-refractivity contribution is -0.0523. The van der Waals surface area contributed by atoms with E-state index in [9.17, 15) is 4.79 Å². The summed E-state index contributed by atoms with van der Waals surface area (Å²) in [6, 6.07) is 8.53. The lowest BCUT2D eigenvalue weighted by Gasteiger charge is -2.05. The predicted octanol–water partition coefficient (Wildman–Crippen LogP) is 1.18. The van der Waals surface area contributed by atoms with Gasteiger partial charge >= 0.3 is 5.97 Å². The van der Waals surface area contributed by atoms with E-state index in [4.69, 9.17) is 5.11 Å². The first-order valence-electron chi connectivity index (χ1n) is 3.64. The molecule has 3 heteroatoms. The second-order valence-electron chi connectivity index (χ2n) is 2.37. The van der Waals surface area contributed by atoms with Crippen LogP contribution in [0, 0.1) is 0 Å². The second-order valence-corrected chi connectivity index (χ2v) is 2.37. The summed E-state index contributed by atoms with van der Waals surface area (Å²) in [5.74, 6) is -0.509. The van der Waals surface area contributed by atoms with E-state index >= 15 is 0 Å². The molecule has 64 valence electrons. The molecule has 0 amide bonds. The van der Waals surface area contributed by atoms with E-state index in [1.54, 1.807) is 30.3 Å². The number of hydrogen-bond donors (Lipinski definition) is 1. The SMILES string of the molecule is C[C@@H](O)OC(=O)c1ccccc1. The van der Waals surface area contributed by atoms with Crippen molar-refractivity contribution in [2.24, 2.45) is 0 Å². The Morgan fingerprint density at radius 3 is 2.50 bits per heavy atom. The van der Waals surface area contributed by atoms with Crippen LogP contribution in [0.3, 0.4) is 0 Å². The number of esters is 1. The molecule has 0 aliphatic heterocycles. The van der Waals surface area contributed by atoms with Crippen LogP contribution < -0.4 is 0 Å². The Balaban J connectivity index is 2.66. The lowest BCUT2D eigenvalue weighted by Crippen LogP contribution is -2.13. The third-order valence-electron chi connectivity index (χ3n) is 1.29. The molecule has 0 radical (unpaired) electrons. The van der Waals surface area contributed by atoms with Gasteiger partial charge < -0.3 is 9.84 Å². The second kappa shape index (κ2) is 3.88. The van der Waals surface area contributed by atoms with Gasteiger partial charge in [-0.3, -0.25) is 0 Å². The van der Waals surface area contributed by atoms with Gasteiger partial charge in [0, 0.05) is 0 Å². The highest BCUT2D eigenvalue weighted by Crippen LogP contribution is 2.01. The molecular formula is C9H10O3. The molecule has 0 saturated carbocycles. The Morgan fingerprint density at radius 2 is 2.00 bits per heavy atom. The molecule has 0 fully saturated rings. The maximum atomic E-state index is 11.1. The van der Waals surface area contributed by atoms with Crippen molar-refractivity contribution in [3.63, 3.8) is 0 Å². The van der Waals surface area contributed by atoms with E-state index in [0.29, 0.717) is 5.56 Å². The molecule has 0 heterocycles. The minimum atomic E-state index is -1.06. The zero-order valence-electron chi connectivity index (χ0n) is 6.73. The average Bonchev–Trinajstić information content (AvgIpc) is 2.05. The molecule has 0 bridgehead atoms. The number of aliphatic hydroxyl groups excluding tert-OH is 1. The fourth-order valence-electron chi connectivity index (χ4n) is 0.797. The summed E-state index contributed by atoms with van der Waals surface area (Å²) in [5, 5.41) is 8.74. The minimum Gasteiger partial charge on any atom is -0.433 e. The molecule has 0 aromatic heterocycles. The van der Waals surface area contributed by atoms with Crippen LogP contribution in [0.1, 0.15) is 17.3 Å². The van der Waals surface area contributed by atoms with Crippen LogP contribution >= 0.6 is 0 Å². The summed E-state index contributed by atoms with van der Waals surface area (Å²) >= 11 is 0. The van der Waals surface area contributed by atoms with E-state index < -0.39 is 12.3 Å². The third kappa shape index (κ3) is 2.36. The Kier molecular flexibility index (Phi) is 2.82. The summed E-state index contributed by atoms with van der Waals surface area (Å²) in [6.45, 7) is 1.39. The molecule has 0 aliphatic carbocycles. The van der Waals surface area contributed by atoms with Gasteiger partial charge in [-0.05, 0) is 19.1 Å². The highest BCUT2D eigenvalue weighted by Gasteiger charge is 2.07. The molecule has 0 unspecified atom stereocenters. The first kappa shape index (κ1) is 8.74. The molecule has 1 atom stereocenters. The molecule has 1 N–H and O–H groups in total. The fraction of sp³-hybridized carbons (Fsp3) is 0.222. The van der Waals surface area contributed by atoms with Crippen LogP contribution in [0.2, 0.25) is 0 Å². The predicted molar refractivity (Wildman–Crippen MR) is 43.5 cm³/mol. The maximum absolute atomic E-state index is 11.1. The number of carbonyl (C=O) groups excluding carboxylic acids is 1. The molecule has 0 aliphatic rings. The molecule has 12 heavy (non-hydrogen) atoms. The fourth-order valence-corrected chi connectivity index (χ4v) is 0.797. The van der Waals surface area contributed by atoms with Crippen molar-refractivity contribution >= 4 is 5.97 Å². The summed E-state index contributed by atoms with van der Waals surface area (Å²) in [5.41, 5.74) is 0.443. The van der Waals surface area contributed by atoms with E-state index in [-0.39, 0.29) is 0 Å². The lowest BCUT2D eigenvalue weighted by atomic mass is 10.2. The molecule has 0 spiro atoms. The number of benzene rings is 1. The molecule has 1 aromatic carbocycles. The van der Waals surface area contributed by atoms with Gasteiger partial charge in [-0.1, -0.05) is 18.2 Å². The zero-order valence-corrected chi connectivity index (χ0v) is 6.73. The number of ether oxygens (including phenoxy) is 1. The Labute approximate surface area is 70.6 Å².